The Balaban J connectivity index is 2.37. The van der Waals surface area contributed by atoms with E-state index in [9.17, 15) is 4.39 Å². The molecular weight excluding hydrogens is 289 g/mol. The van der Waals surface area contributed by atoms with Crippen LogP contribution < -0.4 is 22.9 Å². The van der Waals surface area contributed by atoms with E-state index in [0.717, 1.165) is 6.20 Å². The minimum atomic E-state index is -0.675. The number of rotatable bonds is 2. The van der Waals surface area contributed by atoms with Crippen LogP contribution in [0.15, 0.2) is 29.1 Å². The molecule has 8 N–H and O–H groups in total. The highest BCUT2D eigenvalue weighted by Gasteiger charge is 2.21. The highest BCUT2D eigenvalue weighted by Crippen LogP contribution is 2.38. The standard InChI is InChI=1S/C13H12FN7O/c14-6-4-20-12(18)9(16)8(6)5-3-7(15)11(17)21-10(5)13-19-1-2-22-13/h1-4H,15-16H2,(H2,17,21)(H2,18,20). The Bertz CT molecular complexity index is 848. The van der Waals surface area contributed by atoms with Gasteiger partial charge in [0, 0.05) is 11.1 Å². The molecule has 0 aliphatic heterocycles. The molecule has 3 aromatic rings. The van der Waals surface area contributed by atoms with Crippen molar-refractivity contribution in [1.29, 1.82) is 0 Å². The fourth-order valence-corrected chi connectivity index (χ4v) is 2.03. The van der Waals surface area contributed by atoms with Crippen LogP contribution >= 0.6 is 0 Å². The average Bonchev–Trinajstić information content (AvgIpc) is 3.01. The van der Waals surface area contributed by atoms with E-state index in [1.807, 2.05) is 0 Å². The molecule has 0 spiro atoms. The van der Waals surface area contributed by atoms with Crippen LogP contribution in [-0.4, -0.2) is 15.0 Å². The van der Waals surface area contributed by atoms with E-state index in [-0.39, 0.29) is 45.7 Å². The van der Waals surface area contributed by atoms with E-state index in [4.69, 9.17) is 27.4 Å². The zero-order valence-corrected chi connectivity index (χ0v) is 11.2. The molecule has 0 atom stereocenters. The monoisotopic (exact) mass is 301 g/mol. The molecule has 0 aromatic carbocycles. The third-order valence-corrected chi connectivity index (χ3v) is 3.09. The molecule has 0 amide bonds. The quantitative estimate of drug-likeness (QED) is 0.551. The molecule has 3 heterocycles. The Labute approximate surface area is 124 Å². The molecule has 0 aliphatic rings. The van der Waals surface area contributed by atoms with Crippen LogP contribution in [0.3, 0.4) is 0 Å². The maximum absolute atomic E-state index is 14.2. The molecule has 0 saturated carbocycles. The molecule has 3 rings (SSSR count). The summed E-state index contributed by atoms with van der Waals surface area (Å²) in [6.45, 7) is 0. The van der Waals surface area contributed by atoms with Crippen molar-refractivity contribution in [1.82, 2.24) is 15.0 Å². The van der Waals surface area contributed by atoms with E-state index in [1.54, 1.807) is 0 Å². The third kappa shape index (κ3) is 2.04. The lowest BCUT2D eigenvalue weighted by Crippen LogP contribution is -2.06. The lowest BCUT2D eigenvalue weighted by molar-refractivity contribution is 0.572. The lowest BCUT2D eigenvalue weighted by Gasteiger charge is -2.13. The lowest BCUT2D eigenvalue weighted by atomic mass is 10.0. The van der Waals surface area contributed by atoms with E-state index in [2.05, 4.69) is 15.0 Å². The van der Waals surface area contributed by atoms with Crippen molar-refractivity contribution < 1.29 is 8.81 Å². The maximum atomic E-state index is 14.2. The predicted molar refractivity (Wildman–Crippen MR) is 80.6 cm³/mol. The molecule has 0 bridgehead atoms. The number of nitrogens with zero attached hydrogens (tertiary/aromatic N) is 3. The summed E-state index contributed by atoms with van der Waals surface area (Å²) in [6, 6.07) is 1.44. The van der Waals surface area contributed by atoms with Crippen molar-refractivity contribution in [3.05, 3.63) is 30.5 Å². The van der Waals surface area contributed by atoms with Gasteiger partial charge in [0.15, 0.2) is 5.82 Å². The molecule has 112 valence electrons. The Morgan fingerprint density at radius 1 is 1.05 bits per heavy atom. The van der Waals surface area contributed by atoms with Gasteiger partial charge in [-0.15, -0.1) is 0 Å². The Kier molecular flexibility index (Phi) is 3.02. The second kappa shape index (κ2) is 4.88. The molecule has 0 fully saturated rings. The zero-order chi connectivity index (χ0) is 15.9. The molecule has 3 aromatic heterocycles. The second-order valence-electron chi connectivity index (χ2n) is 4.48. The normalized spacial score (nSPS) is 10.8. The second-order valence-corrected chi connectivity index (χ2v) is 4.48. The van der Waals surface area contributed by atoms with E-state index in [0.29, 0.717) is 0 Å². The Morgan fingerprint density at radius 3 is 2.50 bits per heavy atom. The fourth-order valence-electron chi connectivity index (χ4n) is 2.03. The predicted octanol–water partition coefficient (Wildman–Crippen LogP) is 1.27. The minimum absolute atomic E-state index is 0.00912. The number of nitrogens with two attached hydrogens (primary N) is 4. The summed E-state index contributed by atoms with van der Waals surface area (Å²) in [7, 11) is 0. The summed E-state index contributed by atoms with van der Waals surface area (Å²) in [5, 5.41) is 0. The largest absolute Gasteiger partial charge is 0.443 e. The maximum Gasteiger partial charge on any atom is 0.245 e. The van der Waals surface area contributed by atoms with Crippen LogP contribution in [0.5, 0.6) is 0 Å². The Morgan fingerprint density at radius 2 is 1.82 bits per heavy atom. The number of hydrogen-bond acceptors (Lipinski definition) is 8. The van der Waals surface area contributed by atoms with E-state index >= 15 is 0 Å². The number of nitrogen functional groups attached to an aromatic ring is 4. The van der Waals surface area contributed by atoms with Gasteiger partial charge in [-0.3, -0.25) is 0 Å². The van der Waals surface area contributed by atoms with Gasteiger partial charge in [-0.2, -0.15) is 0 Å². The van der Waals surface area contributed by atoms with Crippen molar-refractivity contribution in [3.63, 3.8) is 0 Å². The van der Waals surface area contributed by atoms with Crippen LogP contribution in [0.1, 0.15) is 0 Å². The van der Waals surface area contributed by atoms with Crippen LogP contribution in [0.25, 0.3) is 22.7 Å². The first-order valence-corrected chi connectivity index (χ1v) is 6.14. The molecule has 9 heteroatoms. The summed E-state index contributed by atoms with van der Waals surface area (Å²) in [5.41, 5.74) is 23.6. The summed E-state index contributed by atoms with van der Waals surface area (Å²) in [4.78, 5) is 11.8. The van der Waals surface area contributed by atoms with Gasteiger partial charge in [0.2, 0.25) is 5.89 Å². The van der Waals surface area contributed by atoms with Gasteiger partial charge in [0.05, 0.1) is 23.8 Å². The highest BCUT2D eigenvalue weighted by atomic mass is 19.1. The third-order valence-electron chi connectivity index (χ3n) is 3.09. The first-order chi connectivity index (χ1) is 10.5. The first-order valence-electron chi connectivity index (χ1n) is 6.14. The van der Waals surface area contributed by atoms with Gasteiger partial charge < -0.3 is 27.4 Å². The van der Waals surface area contributed by atoms with Crippen molar-refractivity contribution in [2.75, 3.05) is 22.9 Å². The number of hydrogen-bond donors (Lipinski definition) is 4. The van der Waals surface area contributed by atoms with Crippen LogP contribution in [0, 0.1) is 5.82 Å². The van der Waals surface area contributed by atoms with Crippen molar-refractivity contribution in [2.24, 2.45) is 0 Å². The average molecular weight is 301 g/mol. The van der Waals surface area contributed by atoms with Gasteiger partial charge in [-0.25, -0.2) is 19.3 Å². The van der Waals surface area contributed by atoms with Gasteiger partial charge in [0.1, 0.15) is 23.6 Å². The first kappa shape index (κ1) is 13.6. The van der Waals surface area contributed by atoms with Gasteiger partial charge in [-0.05, 0) is 6.07 Å². The van der Waals surface area contributed by atoms with Crippen molar-refractivity contribution >= 4 is 23.0 Å². The summed E-state index contributed by atoms with van der Waals surface area (Å²) in [6.07, 6.45) is 3.74. The molecule has 0 saturated heterocycles. The smallest absolute Gasteiger partial charge is 0.245 e. The highest BCUT2D eigenvalue weighted by molar-refractivity contribution is 5.91. The summed E-state index contributed by atoms with van der Waals surface area (Å²) in [5.74, 6) is -0.468. The van der Waals surface area contributed by atoms with Gasteiger partial charge in [0.25, 0.3) is 0 Å². The van der Waals surface area contributed by atoms with Crippen LogP contribution in [0.4, 0.5) is 27.4 Å². The van der Waals surface area contributed by atoms with Crippen LogP contribution in [0.2, 0.25) is 0 Å². The van der Waals surface area contributed by atoms with Crippen molar-refractivity contribution in [2.45, 2.75) is 0 Å². The number of aromatic nitrogens is 3. The van der Waals surface area contributed by atoms with Crippen LogP contribution in [-0.2, 0) is 0 Å². The summed E-state index contributed by atoms with van der Waals surface area (Å²) >= 11 is 0. The molecular formula is C13H12FN7O. The minimum Gasteiger partial charge on any atom is -0.443 e. The topological polar surface area (TPSA) is 156 Å². The number of pyridine rings is 2. The van der Waals surface area contributed by atoms with E-state index < -0.39 is 5.82 Å². The number of anilines is 4. The van der Waals surface area contributed by atoms with E-state index in [1.165, 1.54) is 18.5 Å². The van der Waals surface area contributed by atoms with Gasteiger partial charge >= 0.3 is 0 Å². The zero-order valence-electron chi connectivity index (χ0n) is 11.2. The molecule has 8 nitrogen and oxygen atoms in total. The molecule has 0 aliphatic carbocycles. The molecule has 0 unspecified atom stereocenters. The molecule has 0 radical (unpaired) electrons. The Hall–Kier alpha value is -3.36. The fraction of sp³-hybridized carbons (Fsp3) is 0. The summed E-state index contributed by atoms with van der Waals surface area (Å²) < 4.78 is 19.4. The number of halogens is 1. The SMILES string of the molecule is Nc1cc(-c2c(F)cnc(N)c2N)c(-c2ncco2)nc1N. The number of oxazole rings is 1. The molecule has 22 heavy (non-hydrogen) atoms. The van der Waals surface area contributed by atoms with Gasteiger partial charge in [-0.1, -0.05) is 0 Å². The van der Waals surface area contributed by atoms with Crippen molar-refractivity contribution in [3.8, 4) is 22.7 Å².